The Morgan fingerprint density at radius 3 is 1.12 bits per heavy atom. The highest BCUT2D eigenvalue weighted by molar-refractivity contribution is 5.93. The first-order valence-corrected chi connectivity index (χ1v) is 29.5. The second-order valence-corrected chi connectivity index (χ2v) is 20.6. The fourth-order valence-corrected chi connectivity index (χ4v) is 9.96. The molecule has 2 aliphatic rings. The Morgan fingerprint density at radius 2 is 0.792 bits per heavy atom. The molecule has 0 aromatic rings. The highest BCUT2D eigenvalue weighted by atomic mass is 16.5. The average Bonchev–Trinajstić information content (AvgIpc) is 4.09. The SMILES string of the molecule is CCCCCCCCCCCCCC(=O)N1CCCC1C(=O)NC(CCCCN)C(=O)NCCOCCOCCNC(=O)C(CCCCN)NC(=O)C1CCCN1C(=O)CCCCCCCCCCCCC. The van der Waals surface area contributed by atoms with Crippen LogP contribution in [0, 0.1) is 0 Å². The number of ether oxygens (including phenoxy) is 2. The van der Waals surface area contributed by atoms with Gasteiger partial charge in [0.1, 0.15) is 24.2 Å². The maximum Gasteiger partial charge on any atom is 0.243 e. The number of nitrogens with two attached hydrogens (primary N) is 2. The lowest BCUT2D eigenvalue weighted by Gasteiger charge is -2.26. The molecule has 2 heterocycles. The van der Waals surface area contributed by atoms with Gasteiger partial charge in [0.2, 0.25) is 35.4 Å². The number of carbonyl (C=O) groups is 6. The molecular weight excluding hydrogens is 913 g/mol. The lowest BCUT2D eigenvalue weighted by Crippen LogP contribution is -2.53. The van der Waals surface area contributed by atoms with E-state index in [1.165, 1.54) is 103 Å². The Morgan fingerprint density at radius 1 is 0.458 bits per heavy atom. The zero-order valence-electron chi connectivity index (χ0n) is 45.7. The molecule has 0 bridgehead atoms. The Bertz CT molecular complexity index is 1340. The smallest absolute Gasteiger partial charge is 0.243 e. The molecule has 16 heteroatoms. The van der Waals surface area contributed by atoms with Crippen molar-refractivity contribution < 1.29 is 38.2 Å². The van der Waals surface area contributed by atoms with Gasteiger partial charge in [-0.25, -0.2) is 0 Å². The molecular formula is C56H106N8O8. The van der Waals surface area contributed by atoms with E-state index in [0.717, 1.165) is 64.2 Å². The summed E-state index contributed by atoms with van der Waals surface area (Å²) in [6.07, 6.45) is 34.0. The van der Waals surface area contributed by atoms with E-state index in [1.807, 2.05) is 0 Å². The molecule has 0 aliphatic carbocycles. The molecule has 2 saturated heterocycles. The molecule has 8 N–H and O–H groups in total. The molecule has 2 rings (SSSR count). The summed E-state index contributed by atoms with van der Waals surface area (Å²) in [5.41, 5.74) is 11.5. The van der Waals surface area contributed by atoms with Gasteiger partial charge in [0.15, 0.2) is 0 Å². The molecule has 16 nitrogen and oxygen atoms in total. The van der Waals surface area contributed by atoms with Crippen molar-refractivity contribution in [1.82, 2.24) is 31.1 Å². The molecule has 0 aromatic heterocycles. The molecule has 72 heavy (non-hydrogen) atoms. The molecule has 0 aromatic carbocycles. The maximum atomic E-state index is 13.5. The van der Waals surface area contributed by atoms with E-state index in [2.05, 4.69) is 35.1 Å². The Balaban J connectivity index is 1.66. The molecule has 2 aliphatic heterocycles. The first kappa shape index (κ1) is 64.8. The molecule has 0 spiro atoms. The molecule has 418 valence electrons. The Labute approximate surface area is 436 Å². The van der Waals surface area contributed by atoms with Crippen LogP contribution in [0.1, 0.15) is 232 Å². The van der Waals surface area contributed by atoms with Crippen LogP contribution in [0.15, 0.2) is 0 Å². The third kappa shape index (κ3) is 30.1. The largest absolute Gasteiger partial charge is 0.377 e. The van der Waals surface area contributed by atoms with Crippen LogP contribution in [0.3, 0.4) is 0 Å². The summed E-state index contributed by atoms with van der Waals surface area (Å²) >= 11 is 0. The first-order valence-electron chi connectivity index (χ1n) is 29.5. The summed E-state index contributed by atoms with van der Waals surface area (Å²) in [4.78, 5) is 83.4. The van der Waals surface area contributed by atoms with Crippen LogP contribution in [0.5, 0.6) is 0 Å². The van der Waals surface area contributed by atoms with E-state index in [4.69, 9.17) is 20.9 Å². The van der Waals surface area contributed by atoms with Gasteiger partial charge in [0.25, 0.3) is 0 Å². The number of nitrogens with one attached hydrogen (secondary N) is 4. The van der Waals surface area contributed by atoms with Crippen LogP contribution in [-0.2, 0) is 38.2 Å². The van der Waals surface area contributed by atoms with Crippen molar-refractivity contribution in [2.24, 2.45) is 11.5 Å². The number of hydrogen-bond acceptors (Lipinski definition) is 10. The van der Waals surface area contributed by atoms with E-state index in [0.29, 0.717) is 77.5 Å². The summed E-state index contributed by atoms with van der Waals surface area (Å²) in [6, 6.07) is -2.60. The number of hydrogen-bond donors (Lipinski definition) is 6. The third-order valence-electron chi connectivity index (χ3n) is 14.4. The standard InChI is InChI=1S/C56H106N8O8/c1-3-5-7-9-11-13-15-17-19-21-23-35-51(65)63-41-29-33-49(63)55(69)61-47(31-25-27-37-57)53(67)59-39-43-71-45-46-72-44-40-60-54(68)48(32-26-28-38-58)62-56(70)50-34-30-42-64(50)52(66)36-24-22-20-18-16-14-12-10-8-6-4-2/h47-50H,3-46,57-58H2,1-2H3,(H,59,67)(H,60,68)(H,61,69)(H,62,70). The van der Waals surface area contributed by atoms with Gasteiger partial charge in [-0.3, -0.25) is 28.8 Å². The Hall–Kier alpha value is -3.34. The van der Waals surface area contributed by atoms with Gasteiger partial charge in [0, 0.05) is 39.0 Å². The predicted octanol–water partition coefficient (Wildman–Crippen LogP) is 7.86. The number of likely N-dealkylation sites (tertiary alicyclic amines) is 2. The van der Waals surface area contributed by atoms with Crippen molar-refractivity contribution in [3.8, 4) is 0 Å². The van der Waals surface area contributed by atoms with Crippen LogP contribution >= 0.6 is 0 Å². The minimum atomic E-state index is -0.740. The zero-order chi connectivity index (χ0) is 52.3. The monoisotopic (exact) mass is 1020 g/mol. The van der Waals surface area contributed by atoms with E-state index < -0.39 is 24.2 Å². The molecule has 6 amide bonds. The first-order chi connectivity index (χ1) is 35.2. The second-order valence-electron chi connectivity index (χ2n) is 20.6. The van der Waals surface area contributed by atoms with E-state index in [9.17, 15) is 28.8 Å². The second kappa shape index (κ2) is 44.0. The number of carbonyl (C=O) groups excluding carboxylic acids is 6. The van der Waals surface area contributed by atoms with Crippen LogP contribution in [0.2, 0.25) is 0 Å². The maximum absolute atomic E-state index is 13.5. The lowest BCUT2D eigenvalue weighted by molar-refractivity contribution is -0.139. The van der Waals surface area contributed by atoms with Crippen LogP contribution in [0.25, 0.3) is 0 Å². The van der Waals surface area contributed by atoms with Gasteiger partial charge >= 0.3 is 0 Å². The summed E-state index contributed by atoms with van der Waals surface area (Å²) in [6.45, 7) is 8.12. The van der Waals surface area contributed by atoms with Gasteiger partial charge in [-0.2, -0.15) is 0 Å². The molecule has 0 radical (unpaired) electrons. The van der Waals surface area contributed by atoms with Gasteiger partial charge in [-0.05, 0) is 90.1 Å². The number of unbranched alkanes of at least 4 members (excludes halogenated alkanes) is 22. The van der Waals surface area contributed by atoms with Crippen molar-refractivity contribution in [2.75, 3.05) is 65.7 Å². The van der Waals surface area contributed by atoms with Gasteiger partial charge in [0.05, 0.1) is 26.4 Å². The van der Waals surface area contributed by atoms with Gasteiger partial charge in [-0.15, -0.1) is 0 Å². The predicted molar refractivity (Wildman–Crippen MR) is 289 cm³/mol. The van der Waals surface area contributed by atoms with E-state index in [1.54, 1.807) is 9.80 Å². The van der Waals surface area contributed by atoms with Crippen LogP contribution in [0.4, 0.5) is 0 Å². The average molecular weight is 1020 g/mol. The summed E-state index contributed by atoms with van der Waals surface area (Å²) < 4.78 is 11.4. The van der Waals surface area contributed by atoms with Crippen molar-refractivity contribution in [1.29, 1.82) is 0 Å². The summed E-state index contributed by atoms with van der Waals surface area (Å²) in [7, 11) is 0. The van der Waals surface area contributed by atoms with E-state index >= 15 is 0 Å². The summed E-state index contributed by atoms with van der Waals surface area (Å²) in [5, 5.41) is 11.7. The fourth-order valence-electron chi connectivity index (χ4n) is 9.96. The van der Waals surface area contributed by atoms with Crippen molar-refractivity contribution in [3.05, 3.63) is 0 Å². The number of rotatable bonds is 47. The highest BCUT2D eigenvalue weighted by Crippen LogP contribution is 2.22. The normalized spacial score (nSPS) is 16.4. The van der Waals surface area contributed by atoms with Crippen LogP contribution < -0.4 is 32.7 Å². The topological polar surface area (TPSA) is 228 Å². The van der Waals surface area contributed by atoms with Crippen molar-refractivity contribution in [3.63, 3.8) is 0 Å². The minimum absolute atomic E-state index is 0.0213. The lowest BCUT2D eigenvalue weighted by atomic mass is 10.0. The Kier molecular flexibility index (Phi) is 39.6. The van der Waals surface area contributed by atoms with Gasteiger partial charge in [-0.1, -0.05) is 142 Å². The zero-order valence-corrected chi connectivity index (χ0v) is 45.7. The highest BCUT2D eigenvalue weighted by Gasteiger charge is 2.37. The molecule has 4 unspecified atom stereocenters. The molecule has 2 fully saturated rings. The molecule has 0 saturated carbocycles. The number of nitrogens with zero attached hydrogens (tertiary/aromatic N) is 2. The number of amides is 6. The van der Waals surface area contributed by atoms with Crippen molar-refractivity contribution >= 4 is 35.4 Å². The summed E-state index contributed by atoms with van der Waals surface area (Å²) in [5.74, 6) is -1.11. The third-order valence-corrected chi connectivity index (χ3v) is 14.4. The minimum Gasteiger partial charge on any atom is -0.377 e. The van der Waals surface area contributed by atoms with Crippen molar-refractivity contribution in [2.45, 2.75) is 256 Å². The molecule has 4 atom stereocenters. The van der Waals surface area contributed by atoms with Gasteiger partial charge < -0.3 is 52.0 Å². The fraction of sp³-hybridized carbons (Fsp3) is 0.893. The van der Waals surface area contributed by atoms with E-state index in [-0.39, 0.29) is 75.0 Å². The quantitative estimate of drug-likeness (QED) is 0.0324. The van der Waals surface area contributed by atoms with Crippen LogP contribution in [-0.4, -0.2) is 135 Å².